The standard InChI is InChI=1S/C21H25ClN2O4S/c1-15-6-7-16(13-20(15)22)23-21(25)14-17-5-3-4-12-24(17)29(26,27)19-10-8-18(28-2)9-11-19/h6-11,13,17H,3-5,12,14H2,1-2H3,(H,23,25)/t17-/m0/s1. The minimum Gasteiger partial charge on any atom is -0.497 e. The molecule has 156 valence electrons. The van der Waals surface area contributed by atoms with Gasteiger partial charge in [0.15, 0.2) is 0 Å². The summed E-state index contributed by atoms with van der Waals surface area (Å²) in [4.78, 5) is 12.8. The second-order valence-corrected chi connectivity index (χ2v) is 9.45. The molecule has 1 aliphatic rings. The van der Waals surface area contributed by atoms with E-state index in [1.807, 2.05) is 13.0 Å². The molecule has 2 aromatic rings. The molecule has 29 heavy (non-hydrogen) atoms. The third-order valence-electron chi connectivity index (χ3n) is 5.12. The van der Waals surface area contributed by atoms with Crippen molar-refractivity contribution in [2.45, 2.75) is 43.5 Å². The Kier molecular flexibility index (Phi) is 6.82. The highest BCUT2D eigenvalue weighted by atomic mass is 35.5. The van der Waals surface area contributed by atoms with Crippen molar-refractivity contribution in [3.8, 4) is 5.75 Å². The molecule has 1 saturated heterocycles. The van der Waals surface area contributed by atoms with Crippen LogP contribution in [0.5, 0.6) is 5.75 Å². The summed E-state index contributed by atoms with van der Waals surface area (Å²) in [6, 6.07) is 11.3. The number of methoxy groups -OCH3 is 1. The molecule has 0 aromatic heterocycles. The van der Waals surface area contributed by atoms with Crippen molar-refractivity contribution < 1.29 is 17.9 Å². The average Bonchev–Trinajstić information content (AvgIpc) is 2.71. The number of sulfonamides is 1. The number of anilines is 1. The Hall–Kier alpha value is -2.09. The molecule has 0 saturated carbocycles. The summed E-state index contributed by atoms with van der Waals surface area (Å²) < 4.78 is 32.9. The highest BCUT2D eigenvalue weighted by Crippen LogP contribution is 2.28. The fourth-order valence-corrected chi connectivity index (χ4v) is 5.35. The highest BCUT2D eigenvalue weighted by Gasteiger charge is 2.34. The first-order chi connectivity index (χ1) is 13.8. The molecule has 1 heterocycles. The Morgan fingerprint density at radius 3 is 2.59 bits per heavy atom. The number of nitrogens with one attached hydrogen (secondary N) is 1. The second-order valence-electron chi connectivity index (χ2n) is 7.16. The van der Waals surface area contributed by atoms with E-state index in [1.54, 1.807) is 24.3 Å². The van der Waals surface area contributed by atoms with Gasteiger partial charge in [0.1, 0.15) is 5.75 Å². The van der Waals surface area contributed by atoms with Crippen LogP contribution in [0.4, 0.5) is 5.69 Å². The summed E-state index contributed by atoms with van der Waals surface area (Å²) in [7, 11) is -2.16. The van der Waals surface area contributed by atoms with Crippen molar-refractivity contribution in [1.82, 2.24) is 4.31 Å². The number of ether oxygens (including phenoxy) is 1. The topological polar surface area (TPSA) is 75.7 Å². The van der Waals surface area contributed by atoms with Crippen LogP contribution < -0.4 is 10.1 Å². The Bertz CT molecular complexity index is 977. The molecule has 1 aliphatic heterocycles. The van der Waals surface area contributed by atoms with Crippen LogP contribution in [0.3, 0.4) is 0 Å². The molecule has 2 aromatic carbocycles. The molecule has 0 spiro atoms. The predicted octanol–water partition coefficient (Wildman–Crippen LogP) is 4.23. The van der Waals surface area contributed by atoms with Crippen LogP contribution in [-0.4, -0.2) is 38.3 Å². The first-order valence-electron chi connectivity index (χ1n) is 9.53. The van der Waals surface area contributed by atoms with E-state index in [0.717, 1.165) is 18.4 Å². The van der Waals surface area contributed by atoms with Gasteiger partial charge >= 0.3 is 0 Å². The summed E-state index contributed by atoms with van der Waals surface area (Å²) in [5, 5.41) is 3.40. The van der Waals surface area contributed by atoms with Crippen LogP contribution in [0, 0.1) is 6.92 Å². The lowest BCUT2D eigenvalue weighted by atomic mass is 10.0. The van der Waals surface area contributed by atoms with Crippen molar-refractivity contribution in [2.75, 3.05) is 19.0 Å². The third kappa shape index (κ3) is 5.10. The smallest absolute Gasteiger partial charge is 0.243 e. The molecule has 0 radical (unpaired) electrons. The zero-order chi connectivity index (χ0) is 21.0. The molecule has 0 unspecified atom stereocenters. The van der Waals surface area contributed by atoms with Gasteiger partial charge in [0, 0.05) is 29.7 Å². The summed E-state index contributed by atoms with van der Waals surface area (Å²) in [6.45, 7) is 2.29. The van der Waals surface area contributed by atoms with E-state index in [0.29, 0.717) is 29.4 Å². The van der Waals surface area contributed by atoms with Crippen molar-refractivity contribution in [3.05, 3.63) is 53.1 Å². The Balaban J connectivity index is 1.74. The van der Waals surface area contributed by atoms with Crippen LogP contribution in [0.1, 0.15) is 31.2 Å². The number of carbonyl (C=O) groups is 1. The van der Waals surface area contributed by atoms with Gasteiger partial charge < -0.3 is 10.1 Å². The number of carbonyl (C=O) groups excluding carboxylic acids is 1. The maximum atomic E-state index is 13.2. The zero-order valence-electron chi connectivity index (χ0n) is 16.5. The maximum absolute atomic E-state index is 13.2. The lowest BCUT2D eigenvalue weighted by Crippen LogP contribution is -2.45. The Morgan fingerprint density at radius 1 is 1.21 bits per heavy atom. The van der Waals surface area contributed by atoms with Gasteiger partial charge in [0.25, 0.3) is 0 Å². The van der Waals surface area contributed by atoms with E-state index in [-0.39, 0.29) is 23.3 Å². The van der Waals surface area contributed by atoms with Gasteiger partial charge in [-0.05, 0) is 61.7 Å². The van der Waals surface area contributed by atoms with Gasteiger partial charge in [-0.3, -0.25) is 4.79 Å². The Morgan fingerprint density at radius 2 is 1.93 bits per heavy atom. The minimum atomic E-state index is -3.69. The van der Waals surface area contributed by atoms with Gasteiger partial charge in [-0.1, -0.05) is 24.1 Å². The summed E-state index contributed by atoms with van der Waals surface area (Å²) in [5.74, 6) is 0.363. The van der Waals surface area contributed by atoms with Crippen LogP contribution in [0.25, 0.3) is 0 Å². The van der Waals surface area contributed by atoms with E-state index in [1.165, 1.54) is 23.5 Å². The number of benzene rings is 2. The lowest BCUT2D eigenvalue weighted by molar-refractivity contribution is -0.117. The highest BCUT2D eigenvalue weighted by molar-refractivity contribution is 7.89. The fraction of sp³-hybridized carbons (Fsp3) is 0.381. The molecule has 1 amide bonds. The number of nitrogens with zero attached hydrogens (tertiary/aromatic N) is 1. The second kappa shape index (κ2) is 9.15. The number of amides is 1. The molecular weight excluding hydrogens is 412 g/mol. The van der Waals surface area contributed by atoms with Crippen molar-refractivity contribution in [3.63, 3.8) is 0 Å². The maximum Gasteiger partial charge on any atom is 0.243 e. The van der Waals surface area contributed by atoms with Gasteiger partial charge in [0.2, 0.25) is 15.9 Å². The van der Waals surface area contributed by atoms with Gasteiger partial charge in [-0.25, -0.2) is 8.42 Å². The fourth-order valence-electron chi connectivity index (χ4n) is 3.47. The SMILES string of the molecule is COc1ccc(S(=O)(=O)N2CCCC[C@H]2CC(=O)Nc2ccc(C)c(Cl)c2)cc1. The molecule has 1 fully saturated rings. The van der Waals surface area contributed by atoms with Crippen LogP contribution in [-0.2, 0) is 14.8 Å². The van der Waals surface area contributed by atoms with Gasteiger partial charge in [0.05, 0.1) is 12.0 Å². The summed E-state index contributed by atoms with van der Waals surface area (Å²) in [6.07, 6.45) is 2.42. The number of rotatable bonds is 6. The van der Waals surface area contributed by atoms with Crippen LogP contribution in [0.15, 0.2) is 47.4 Å². The first-order valence-corrected chi connectivity index (χ1v) is 11.3. The average molecular weight is 437 g/mol. The first kappa shape index (κ1) is 21.6. The monoisotopic (exact) mass is 436 g/mol. The number of halogens is 1. The van der Waals surface area contributed by atoms with E-state index < -0.39 is 10.0 Å². The van der Waals surface area contributed by atoms with Crippen molar-refractivity contribution in [1.29, 1.82) is 0 Å². The minimum absolute atomic E-state index is 0.0981. The van der Waals surface area contributed by atoms with E-state index >= 15 is 0 Å². The summed E-state index contributed by atoms with van der Waals surface area (Å²) in [5.41, 5.74) is 1.53. The van der Waals surface area contributed by atoms with E-state index in [4.69, 9.17) is 16.3 Å². The zero-order valence-corrected chi connectivity index (χ0v) is 18.1. The molecule has 8 heteroatoms. The van der Waals surface area contributed by atoms with Crippen LogP contribution >= 0.6 is 11.6 Å². The van der Waals surface area contributed by atoms with Gasteiger partial charge in [-0.15, -0.1) is 0 Å². The number of hydrogen-bond acceptors (Lipinski definition) is 4. The molecule has 0 aliphatic carbocycles. The molecule has 1 atom stereocenters. The number of piperidine rings is 1. The van der Waals surface area contributed by atoms with E-state index in [9.17, 15) is 13.2 Å². The van der Waals surface area contributed by atoms with Gasteiger partial charge in [-0.2, -0.15) is 4.31 Å². The normalized spacial score (nSPS) is 17.7. The van der Waals surface area contributed by atoms with E-state index in [2.05, 4.69) is 5.32 Å². The van der Waals surface area contributed by atoms with Crippen molar-refractivity contribution in [2.24, 2.45) is 0 Å². The quantitative estimate of drug-likeness (QED) is 0.735. The summed E-state index contributed by atoms with van der Waals surface area (Å²) >= 11 is 6.11. The molecule has 0 bridgehead atoms. The third-order valence-corrected chi connectivity index (χ3v) is 7.49. The molecular formula is C21H25ClN2O4S. The van der Waals surface area contributed by atoms with Crippen LogP contribution in [0.2, 0.25) is 5.02 Å². The molecule has 1 N–H and O–H groups in total. The van der Waals surface area contributed by atoms with Crippen molar-refractivity contribution >= 4 is 33.2 Å². The largest absolute Gasteiger partial charge is 0.497 e. The lowest BCUT2D eigenvalue weighted by Gasteiger charge is -2.34. The predicted molar refractivity (Wildman–Crippen MR) is 114 cm³/mol. The molecule has 6 nitrogen and oxygen atoms in total. The molecule has 3 rings (SSSR count). The Labute approximate surface area is 176 Å². The number of hydrogen-bond donors (Lipinski definition) is 1. The number of aryl methyl sites for hydroxylation is 1.